The summed E-state index contributed by atoms with van der Waals surface area (Å²) in [5, 5.41) is 6.54. The fourth-order valence-electron chi connectivity index (χ4n) is 7.82. The Kier molecular flexibility index (Phi) is 5.80. The highest BCUT2D eigenvalue weighted by atomic mass is 15.2. The van der Waals surface area contributed by atoms with E-state index in [0.29, 0.717) is 0 Å². The number of rotatable bonds is 4. The van der Waals surface area contributed by atoms with Gasteiger partial charge in [-0.05, 0) is 64.1 Å². The maximum absolute atomic E-state index is 3.85. The number of anilines is 2. The minimum absolute atomic E-state index is 0.244. The molecule has 5 aromatic rings. The Balaban J connectivity index is 1.20. The third kappa shape index (κ3) is 3.88. The van der Waals surface area contributed by atoms with Gasteiger partial charge in [0.1, 0.15) is 0 Å². The van der Waals surface area contributed by atoms with Crippen LogP contribution in [0.5, 0.6) is 0 Å². The van der Waals surface area contributed by atoms with Crippen LogP contribution in [0.2, 0.25) is 0 Å². The Morgan fingerprint density at radius 1 is 0.614 bits per heavy atom. The van der Waals surface area contributed by atoms with E-state index >= 15 is 0 Å². The number of fused-ring (bicyclic) bond motifs is 8. The van der Waals surface area contributed by atoms with E-state index in [1.54, 1.807) is 0 Å². The summed E-state index contributed by atoms with van der Waals surface area (Å²) in [6, 6.07) is 46.4. The fourth-order valence-corrected chi connectivity index (χ4v) is 7.82. The van der Waals surface area contributed by atoms with Crippen LogP contribution in [-0.2, 0) is 0 Å². The molecule has 2 unspecified atom stereocenters. The van der Waals surface area contributed by atoms with Crippen molar-refractivity contribution in [1.82, 2.24) is 0 Å². The third-order valence-corrected chi connectivity index (χ3v) is 9.66. The van der Waals surface area contributed by atoms with Crippen LogP contribution in [0.3, 0.4) is 0 Å². The lowest BCUT2D eigenvalue weighted by Crippen LogP contribution is -2.41. The van der Waals surface area contributed by atoms with Gasteiger partial charge in [0.2, 0.25) is 0 Å². The van der Waals surface area contributed by atoms with Crippen molar-refractivity contribution >= 4 is 28.7 Å². The molecule has 0 saturated carbocycles. The first-order chi connectivity index (χ1) is 21.8. The third-order valence-electron chi connectivity index (χ3n) is 9.66. The molecule has 0 spiro atoms. The van der Waals surface area contributed by atoms with E-state index < -0.39 is 0 Å². The van der Waals surface area contributed by atoms with Crippen molar-refractivity contribution in [3.63, 3.8) is 0 Å². The highest BCUT2D eigenvalue weighted by Crippen LogP contribution is 2.57. The Labute approximate surface area is 258 Å². The van der Waals surface area contributed by atoms with E-state index in [9.17, 15) is 0 Å². The zero-order valence-electron chi connectivity index (χ0n) is 24.4. The summed E-state index contributed by atoms with van der Waals surface area (Å²) in [4.78, 5) is 2.57. The van der Waals surface area contributed by atoms with Crippen LogP contribution >= 0.6 is 0 Å². The summed E-state index contributed by atoms with van der Waals surface area (Å²) in [6.45, 7) is 0. The van der Waals surface area contributed by atoms with Gasteiger partial charge in [-0.3, -0.25) is 0 Å². The normalized spacial score (nSPS) is 19.2. The van der Waals surface area contributed by atoms with Gasteiger partial charge in [-0.25, -0.2) is 0 Å². The Bertz CT molecular complexity index is 2170. The Hall–Kier alpha value is -5.34. The molecule has 2 nitrogen and oxygen atoms in total. The molecule has 0 radical (unpaired) electrons. The average molecular weight is 565 g/mol. The molecule has 0 amide bonds. The zero-order valence-corrected chi connectivity index (χ0v) is 24.4. The molecule has 2 heteroatoms. The van der Waals surface area contributed by atoms with Gasteiger partial charge < -0.3 is 10.2 Å². The molecule has 0 saturated heterocycles. The van der Waals surface area contributed by atoms with Crippen LogP contribution in [0.25, 0.3) is 28.5 Å². The summed E-state index contributed by atoms with van der Waals surface area (Å²) in [7, 11) is 0. The second-order valence-corrected chi connectivity index (χ2v) is 12.1. The van der Waals surface area contributed by atoms with Gasteiger partial charge in [0.25, 0.3) is 0 Å². The molecule has 3 aliphatic carbocycles. The van der Waals surface area contributed by atoms with Crippen molar-refractivity contribution in [1.29, 1.82) is 0 Å². The second-order valence-electron chi connectivity index (χ2n) is 12.1. The van der Waals surface area contributed by atoms with E-state index in [2.05, 4.69) is 162 Å². The zero-order chi connectivity index (χ0) is 29.0. The molecule has 2 atom stereocenters. The summed E-state index contributed by atoms with van der Waals surface area (Å²) in [5.74, 6) is 0.518. The lowest BCUT2D eigenvalue weighted by Gasteiger charge is -2.36. The molecule has 9 rings (SSSR count). The topological polar surface area (TPSA) is 15.3 Å². The summed E-state index contributed by atoms with van der Waals surface area (Å²) < 4.78 is 0. The summed E-state index contributed by atoms with van der Waals surface area (Å²) in [5.41, 5.74) is 14.4. The number of benzene rings is 5. The molecule has 4 aliphatic rings. The SMILES string of the molecule is C1=Cc2ccccc2C2C1=c1ccccc1=C1C2c2ccccc2N1C1=CCCC(Nc2ccccc2-c2ccccc2)=C1. The maximum Gasteiger partial charge on any atom is 0.0497 e. The van der Waals surface area contributed by atoms with Crippen LogP contribution in [0.4, 0.5) is 11.4 Å². The van der Waals surface area contributed by atoms with Crippen LogP contribution in [0.1, 0.15) is 41.4 Å². The maximum atomic E-state index is 3.85. The van der Waals surface area contributed by atoms with Crippen molar-refractivity contribution in [3.8, 4) is 11.1 Å². The molecule has 210 valence electrons. The Morgan fingerprint density at radius 2 is 1.34 bits per heavy atom. The van der Waals surface area contributed by atoms with Gasteiger partial charge in [-0.15, -0.1) is 0 Å². The summed E-state index contributed by atoms with van der Waals surface area (Å²) in [6.07, 6.45) is 11.5. The van der Waals surface area contributed by atoms with Gasteiger partial charge in [0.15, 0.2) is 0 Å². The van der Waals surface area contributed by atoms with Gasteiger partial charge in [0, 0.05) is 51.1 Å². The van der Waals surface area contributed by atoms with E-state index in [-0.39, 0.29) is 11.8 Å². The van der Waals surface area contributed by atoms with E-state index in [1.165, 1.54) is 66.6 Å². The number of allylic oxidation sites excluding steroid dienone is 4. The van der Waals surface area contributed by atoms with E-state index in [4.69, 9.17) is 0 Å². The highest BCUT2D eigenvalue weighted by Gasteiger charge is 2.45. The molecule has 0 aromatic heterocycles. The minimum atomic E-state index is 0.244. The number of nitrogens with one attached hydrogen (secondary N) is 1. The molecule has 44 heavy (non-hydrogen) atoms. The molecule has 0 fully saturated rings. The molecule has 1 aliphatic heterocycles. The van der Waals surface area contributed by atoms with Crippen molar-refractivity contribution in [2.75, 3.05) is 10.2 Å². The summed E-state index contributed by atoms with van der Waals surface area (Å²) >= 11 is 0. The van der Waals surface area contributed by atoms with E-state index in [1.807, 2.05) is 0 Å². The number of para-hydroxylation sites is 2. The van der Waals surface area contributed by atoms with Crippen LogP contribution in [0.15, 0.2) is 157 Å². The first-order valence-corrected chi connectivity index (χ1v) is 15.7. The molecule has 1 N–H and O–H groups in total. The minimum Gasteiger partial charge on any atom is -0.358 e. The van der Waals surface area contributed by atoms with Gasteiger partial charge in [-0.1, -0.05) is 133 Å². The lowest BCUT2D eigenvalue weighted by molar-refractivity contribution is 0.760. The monoisotopic (exact) mass is 564 g/mol. The number of hydrogen-bond acceptors (Lipinski definition) is 2. The largest absolute Gasteiger partial charge is 0.358 e. The highest BCUT2D eigenvalue weighted by molar-refractivity contribution is 5.94. The second kappa shape index (κ2) is 10.1. The van der Waals surface area contributed by atoms with E-state index in [0.717, 1.165) is 18.5 Å². The van der Waals surface area contributed by atoms with Crippen LogP contribution in [-0.4, -0.2) is 0 Å². The fraction of sp³-hybridized carbons (Fsp3) is 0.0952. The molecule has 1 heterocycles. The van der Waals surface area contributed by atoms with Gasteiger partial charge >= 0.3 is 0 Å². The molecule has 0 bridgehead atoms. The van der Waals surface area contributed by atoms with Crippen LogP contribution < -0.4 is 20.7 Å². The van der Waals surface area contributed by atoms with Gasteiger partial charge in [-0.2, -0.15) is 0 Å². The first kappa shape index (κ1) is 25.2. The predicted molar refractivity (Wildman–Crippen MR) is 183 cm³/mol. The number of hydrogen-bond donors (Lipinski definition) is 1. The first-order valence-electron chi connectivity index (χ1n) is 15.7. The standard InChI is InChI=1S/C42H32N2/c1-2-13-28(14-3-1)32-18-8-10-23-38(32)43-30-16-12-17-31(27-30)44-39-24-11-9-22-37(39)41-40-33-19-5-4-15-29(33)25-26-35(40)34-20-6-7-21-36(34)42(41)44/h1-11,13-15,17-27,40-41,43H,12,16H2. The quantitative estimate of drug-likeness (QED) is 0.235. The lowest BCUT2D eigenvalue weighted by atomic mass is 9.69. The van der Waals surface area contributed by atoms with Crippen molar-refractivity contribution in [3.05, 3.63) is 184 Å². The number of nitrogens with zero attached hydrogens (tertiary/aromatic N) is 1. The smallest absolute Gasteiger partial charge is 0.0497 e. The van der Waals surface area contributed by atoms with Crippen molar-refractivity contribution < 1.29 is 0 Å². The predicted octanol–water partition coefficient (Wildman–Crippen LogP) is 8.71. The average Bonchev–Trinajstić information content (AvgIpc) is 3.44. The van der Waals surface area contributed by atoms with Crippen molar-refractivity contribution in [2.45, 2.75) is 24.7 Å². The van der Waals surface area contributed by atoms with Gasteiger partial charge in [0.05, 0.1) is 0 Å². The Morgan fingerprint density at radius 3 is 2.25 bits per heavy atom. The molecule has 5 aromatic carbocycles. The van der Waals surface area contributed by atoms with Crippen LogP contribution in [0, 0.1) is 0 Å². The van der Waals surface area contributed by atoms with Crippen molar-refractivity contribution in [2.24, 2.45) is 0 Å². The molecular weight excluding hydrogens is 532 g/mol. The molecular formula is C42H32N2.